The molecule has 0 atom stereocenters. The van der Waals surface area contributed by atoms with Gasteiger partial charge in [-0.3, -0.25) is 0 Å². The lowest BCUT2D eigenvalue weighted by molar-refractivity contribution is -0.141. The van der Waals surface area contributed by atoms with E-state index < -0.39 is 35.2 Å². The molecule has 148 valence electrons. The van der Waals surface area contributed by atoms with Crippen molar-refractivity contribution in [3.05, 3.63) is 59.4 Å². The lowest BCUT2D eigenvalue weighted by Crippen LogP contribution is -2.11. The van der Waals surface area contributed by atoms with Gasteiger partial charge in [-0.1, -0.05) is 5.21 Å². The van der Waals surface area contributed by atoms with Crippen LogP contribution in [0.1, 0.15) is 23.9 Å². The van der Waals surface area contributed by atoms with E-state index in [1.54, 1.807) is 0 Å². The maximum Gasteiger partial charge on any atom is 0.433 e. The molecule has 0 aliphatic heterocycles. The summed E-state index contributed by atoms with van der Waals surface area (Å²) in [5.74, 6) is -4.46. The molecule has 0 bridgehead atoms. The normalized spacial score (nSPS) is 12.2. The Labute approximate surface area is 153 Å². The summed E-state index contributed by atoms with van der Waals surface area (Å²) in [6.07, 6.45) is -2.46. The second-order valence-corrected chi connectivity index (χ2v) is 5.72. The first-order valence-electron chi connectivity index (χ1n) is 7.66. The SMILES string of the molecule is CC(F)(F)c1cc(-n2cc(COc3nccc(C(F)(F)F)n3)nn2)ccc1F. The van der Waals surface area contributed by atoms with E-state index in [0.717, 1.165) is 23.0 Å². The average Bonchev–Trinajstić information content (AvgIpc) is 3.08. The topological polar surface area (TPSA) is 65.7 Å². The fraction of sp³-hybridized carbons (Fsp3) is 0.250. The molecule has 6 nitrogen and oxygen atoms in total. The van der Waals surface area contributed by atoms with Gasteiger partial charge in [-0.2, -0.15) is 18.2 Å². The zero-order chi connectivity index (χ0) is 20.5. The summed E-state index contributed by atoms with van der Waals surface area (Å²) >= 11 is 0. The van der Waals surface area contributed by atoms with Gasteiger partial charge < -0.3 is 4.74 Å². The number of hydrogen-bond acceptors (Lipinski definition) is 5. The van der Waals surface area contributed by atoms with Crippen LogP contribution in [0.4, 0.5) is 26.3 Å². The van der Waals surface area contributed by atoms with Crippen molar-refractivity contribution >= 4 is 0 Å². The quantitative estimate of drug-likeness (QED) is 0.605. The lowest BCUT2D eigenvalue weighted by Gasteiger charge is -2.12. The van der Waals surface area contributed by atoms with E-state index in [1.165, 1.54) is 12.3 Å². The molecule has 3 aromatic rings. The summed E-state index contributed by atoms with van der Waals surface area (Å²) in [7, 11) is 0. The third-order valence-corrected chi connectivity index (χ3v) is 3.50. The number of alkyl halides is 5. The molecule has 0 aliphatic carbocycles. The minimum absolute atomic E-state index is 0.118. The van der Waals surface area contributed by atoms with Gasteiger partial charge in [0, 0.05) is 13.1 Å². The molecule has 0 unspecified atom stereocenters. The van der Waals surface area contributed by atoms with Crippen molar-refractivity contribution in [2.75, 3.05) is 0 Å². The highest BCUT2D eigenvalue weighted by molar-refractivity contribution is 5.37. The second-order valence-electron chi connectivity index (χ2n) is 5.72. The molecule has 3 rings (SSSR count). The van der Waals surface area contributed by atoms with Crippen molar-refractivity contribution in [2.45, 2.75) is 25.6 Å². The van der Waals surface area contributed by atoms with Gasteiger partial charge in [-0.05, 0) is 24.3 Å². The third kappa shape index (κ3) is 4.38. The second kappa shape index (κ2) is 7.09. The zero-order valence-electron chi connectivity index (χ0n) is 14.1. The first kappa shape index (κ1) is 19.6. The van der Waals surface area contributed by atoms with Crippen LogP contribution in [0.3, 0.4) is 0 Å². The smallest absolute Gasteiger partial charge is 0.433 e. The van der Waals surface area contributed by atoms with E-state index in [2.05, 4.69) is 20.3 Å². The Kier molecular flexibility index (Phi) is 4.96. The van der Waals surface area contributed by atoms with Gasteiger partial charge in [0.25, 0.3) is 5.92 Å². The van der Waals surface area contributed by atoms with Crippen molar-refractivity contribution in [1.29, 1.82) is 0 Å². The highest BCUT2D eigenvalue weighted by Gasteiger charge is 2.33. The molecular weight excluding hydrogens is 392 g/mol. The van der Waals surface area contributed by atoms with Crippen LogP contribution >= 0.6 is 0 Å². The van der Waals surface area contributed by atoms with Crippen LogP contribution < -0.4 is 4.74 Å². The van der Waals surface area contributed by atoms with E-state index in [1.807, 2.05) is 0 Å². The highest BCUT2D eigenvalue weighted by atomic mass is 19.4. The molecule has 0 saturated heterocycles. The van der Waals surface area contributed by atoms with Crippen molar-refractivity contribution < 1.29 is 31.1 Å². The van der Waals surface area contributed by atoms with Gasteiger partial charge in [0.1, 0.15) is 18.1 Å². The summed E-state index contributed by atoms with van der Waals surface area (Å²) in [4.78, 5) is 6.80. The molecule has 0 fully saturated rings. The Morgan fingerprint density at radius 2 is 1.86 bits per heavy atom. The number of aromatic nitrogens is 5. The summed E-state index contributed by atoms with van der Waals surface area (Å²) in [6, 6.07) is 3.19. The van der Waals surface area contributed by atoms with Crippen molar-refractivity contribution in [3.63, 3.8) is 0 Å². The van der Waals surface area contributed by atoms with Gasteiger partial charge in [0.05, 0.1) is 17.4 Å². The summed E-state index contributed by atoms with van der Waals surface area (Å²) in [5, 5.41) is 7.43. The molecular formula is C16H11F6N5O. The molecule has 12 heteroatoms. The molecule has 0 amide bonds. The monoisotopic (exact) mass is 403 g/mol. The maximum absolute atomic E-state index is 13.6. The Balaban J connectivity index is 1.75. The van der Waals surface area contributed by atoms with E-state index in [9.17, 15) is 26.3 Å². The van der Waals surface area contributed by atoms with Gasteiger partial charge in [0.2, 0.25) is 0 Å². The summed E-state index contributed by atoms with van der Waals surface area (Å²) in [5.41, 5.74) is -1.70. The molecule has 0 aliphatic rings. The van der Waals surface area contributed by atoms with Crippen LogP contribution in [-0.4, -0.2) is 25.0 Å². The Bertz CT molecular complexity index is 982. The third-order valence-electron chi connectivity index (χ3n) is 3.50. The average molecular weight is 403 g/mol. The van der Waals surface area contributed by atoms with Crippen LogP contribution in [0.2, 0.25) is 0 Å². The van der Waals surface area contributed by atoms with E-state index >= 15 is 0 Å². The summed E-state index contributed by atoms with van der Waals surface area (Å²) in [6.45, 7) is 0.240. The van der Waals surface area contributed by atoms with Gasteiger partial charge in [-0.25, -0.2) is 22.8 Å². The molecule has 28 heavy (non-hydrogen) atoms. The molecule has 0 spiro atoms. The van der Waals surface area contributed by atoms with Crippen LogP contribution in [0.25, 0.3) is 5.69 Å². The predicted octanol–water partition coefficient (Wildman–Crippen LogP) is 3.91. The molecule has 0 radical (unpaired) electrons. The number of halogens is 6. The standard InChI is InChI=1S/C16H11F6N5O/c1-15(18,19)11-6-10(2-3-12(11)17)27-7-9(25-26-27)8-28-14-23-5-4-13(24-14)16(20,21)22/h2-7H,8H2,1H3. The van der Waals surface area contributed by atoms with Crippen molar-refractivity contribution in [2.24, 2.45) is 0 Å². The Morgan fingerprint density at radius 1 is 1.11 bits per heavy atom. The zero-order valence-corrected chi connectivity index (χ0v) is 14.1. The highest BCUT2D eigenvalue weighted by Crippen LogP contribution is 2.31. The van der Waals surface area contributed by atoms with Crippen LogP contribution in [-0.2, 0) is 18.7 Å². The first-order chi connectivity index (χ1) is 13.0. The molecule has 2 heterocycles. The van der Waals surface area contributed by atoms with Gasteiger partial charge in [0.15, 0.2) is 5.69 Å². The Morgan fingerprint density at radius 3 is 2.54 bits per heavy atom. The Hall–Kier alpha value is -3.18. The number of hydrogen-bond donors (Lipinski definition) is 0. The number of benzene rings is 1. The number of ether oxygens (including phenoxy) is 1. The molecule has 2 aromatic heterocycles. The lowest BCUT2D eigenvalue weighted by atomic mass is 10.1. The minimum Gasteiger partial charge on any atom is -0.457 e. The van der Waals surface area contributed by atoms with E-state index in [4.69, 9.17) is 4.74 Å². The van der Waals surface area contributed by atoms with Crippen LogP contribution in [0.15, 0.2) is 36.7 Å². The maximum atomic E-state index is 13.6. The predicted molar refractivity (Wildman–Crippen MR) is 82.3 cm³/mol. The van der Waals surface area contributed by atoms with Crippen molar-refractivity contribution in [1.82, 2.24) is 25.0 Å². The van der Waals surface area contributed by atoms with E-state index in [-0.39, 0.29) is 18.0 Å². The largest absolute Gasteiger partial charge is 0.457 e. The van der Waals surface area contributed by atoms with Crippen LogP contribution in [0, 0.1) is 5.82 Å². The minimum atomic E-state index is -4.65. The fourth-order valence-electron chi connectivity index (χ4n) is 2.19. The molecule has 0 saturated carbocycles. The van der Waals surface area contributed by atoms with Crippen LogP contribution in [0.5, 0.6) is 6.01 Å². The van der Waals surface area contributed by atoms with Crippen molar-refractivity contribution in [3.8, 4) is 11.7 Å². The summed E-state index contributed by atoms with van der Waals surface area (Å²) < 4.78 is 84.5. The number of nitrogens with zero attached hydrogens (tertiary/aromatic N) is 5. The fourth-order valence-corrected chi connectivity index (χ4v) is 2.19. The number of rotatable bonds is 5. The van der Waals surface area contributed by atoms with E-state index in [0.29, 0.717) is 13.0 Å². The van der Waals surface area contributed by atoms with Gasteiger partial charge >= 0.3 is 12.2 Å². The van der Waals surface area contributed by atoms with Gasteiger partial charge in [-0.15, -0.1) is 5.10 Å². The molecule has 1 aromatic carbocycles. The molecule has 0 N–H and O–H groups in total. The first-order valence-corrected chi connectivity index (χ1v) is 7.66.